The van der Waals surface area contributed by atoms with Gasteiger partial charge in [0.25, 0.3) is 15.9 Å². The molecule has 2 aliphatic heterocycles. The number of ether oxygens (including phenoxy) is 1. The normalized spacial score (nSPS) is 22.7. The summed E-state index contributed by atoms with van der Waals surface area (Å²) in [6.45, 7) is 3.21. The summed E-state index contributed by atoms with van der Waals surface area (Å²) < 4.78 is 31.5. The second-order valence-electron chi connectivity index (χ2n) is 10.9. The van der Waals surface area contributed by atoms with E-state index in [0.717, 1.165) is 75.0 Å². The molecule has 1 amide bonds. The van der Waals surface area contributed by atoms with Crippen LogP contribution in [0.3, 0.4) is 0 Å². The van der Waals surface area contributed by atoms with Crippen molar-refractivity contribution in [3.8, 4) is 0 Å². The molecule has 3 aromatic rings. The first kappa shape index (κ1) is 27.5. The molecule has 40 heavy (non-hydrogen) atoms. The third-order valence-electron chi connectivity index (χ3n) is 8.28. The highest BCUT2D eigenvalue weighted by Gasteiger charge is 2.33. The quantitative estimate of drug-likeness (QED) is 0.425. The molecule has 3 aliphatic rings. The van der Waals surface area contributed by atoms with Crippen molar-refractivity contribution in [2.45, 2.75) is 56.5 Å². The highest BCUT2D eigenvalue weighted by Crippen LogP contribution is 2.44. The van der Waals surface area contributed by atoms with Crippen molar-refractivity contribution in [1.29, 1.82) is 0 Å². The molecule has 3 aromatic heterocycles. The van der Waals surface area contributed by atoms with Crippen LogP contribution < -0.4 is 10.0 Å². The van der Waals surface area contributed by atoms with Crippen molar-refractivity contribution < 1.29 is 23.1 Å². The molecule has 214 valence electrons. The molecule has 0 radical (unpaired) electrons. The van der Waals surface area contributed by atoms with E-state index in [1.807, 2.05) is 12.3 Å². The zero-order valence-electron chi connectivity index (χ0n) is 22.2. The Balaban J connectivity index is 1.33. The van der Waals surface area contributed by atoms with Crippen molar-refractivity contribution in [3.05, 3.63) is 46.2 Å². The summed E-state index contributed by atoms with van der Waals surface area (Å²) in [6.07, 6.45) is 6.94. The van der Waals surface area contributed by atoms with E-state index >= 15 is 0 Å². The highest BCUT2D eigenvalue weighted by molar-refractivity contribution is 7.92. The average molecular weight is 587 g/mol. The second kappa shape index (κ2) is 11.3. The first-order chi connectivity index (χ1) is 19.3. The van der Waals surface area contributed by atoms with E-state index < -0.39 is 15.9 Å². The summed E-state index contributed by atoms with van der Waals surface area (Å²) in [5, 5.41) is 10.2. The molecule has 2 fully saturated rings. The van der Waals surface area contributed by atoms with Gasteiger partial charge in [-0.3, -0.25) is 4.79 Å². The number of rotatable bonds is 7. The summed E-state index contributed by atoms with van der Waals surface area (Å²) in [5.74, 6) is -0.221. The summed E-state index contributed by atoms with van der Waals surface area (Å²) >= 11 is 1.23. The Bertz CT molecular complexity index is 1490. The first-order valence-corrected chi connectivity index (χ1v) is 16.3. The number of pyridine rings is 2. The number of aliphatic hydroxyl groups excluding tert-OH is 1. The number of hydrogen-bond donors (Lipinski definition) is 2. The number of carbonyl (C=O) groups is 1. The fourth-order valence-electron chi connectivity index (χ4n) is 6.19. The number of aryl methyl sites for hydroxylation is 1. The van der Waals surface area contributed by atoms with Gasteiger partial charge in [-0.15, -0.1) is 0 Å². The van der Waals surface area contributed by atoms with Crippen molar-refractivity contribution in [2.24, 2.45) is 5.73 Å². The number of hydrogen-bond acceptors (Lipinski definition) is 10. The van der Waals surface area contributed by atoms with Gasteiger partial charge in [-0.25, -0.2) is 27.7 Å². The van der Waals surface area contributed by atoms with Crippen LogP contribution in [-0.4, -0.2) is 84.1 Å². The number of anilines is 1. The number of nitrogens with zero attached hydrogens (tertiary/aromatic N) is 5. The number of sulfonamides is 1. The Morgan fingerprint density at radius 3 is 2.75 bits per heavy atom. The predicted molar refractivity (Wildman–Crippen MR) is 152 cm³/mol. The molecule has 0 spiro atoms. The fraction of sp³-hybridized carbons (Fsp3) is 0.556. The standard InChI is InChI=1S/C27H34N6O5S2/c28-25(35)27-30-22-14-17-2-1-3-21(24(17)31-26(22)39-27)20(8-11-32-9-6-19(34)7-10-32)18-4-5-23(29-15-18)33-12-13-38-16-40(33,36)37/h4-5,14-15,19-21,34H,1-3,6-13,16H2,(H2,28,35)/t20-,21?/m0/s1. The number of fused-ring (bicyclic) bond motifs is 2. The third kappa shape index (κ3) is 5.57. The van der Waals surface area contributed by atoms with Crippen molar-refractivity contribution in [2.75, 3.05) is 43.0 Å². The topological polar surface area (TPSA) is 152 Å². The smallest absolute Gasteiger partial charge is 0.277 e. The van der Waals surface area contributed by atoms with E-state index in [2.05, 4.69) is 20.9 Å². The van der Waals surface area contributed by atoms with E-state index in [0.29, 0.717) is 22.8 Å². The zero-order chi connectivity index (χ0) is 27.9. The van der Waals surface area contributed by atoms with Crippen molar-refractivity contribution in [1.82, 2.24) is 19.9 Å². The van der Waals surface area contributed by atoms with Crippen molar-refractivity contribution >= 4 is 43.4 Å². The maximum absolute atomic E-state index is 12.5. The molecular formula is C27H34N6O5S2. The molecule has 0 aromatic carbocycles. The minimum Gasteiger partial charge on any atom is -0.393 e. The number of amides is 1. The number of piperidine rings is 1. The SMILES string of the molecule is NC(=O)c1nc2cc3c(nc2s1)C([C@@H](CCN1CCC(O)CC1)c1ccc(N2CCOCS2(=O)=O)nc1)CCC3. The van der Waals surface area contributed by atoms with Crippen LogP contribution in [0.5, 0.6) is 0 Å². The lowest BCUT2D eigenvalue weighted by Crippen LogP contribution is -2.41. The third-order valence-corrected chi connectivity index (χ3v) is 10.8. The summed E-state index contributed by atoms with van der Waals surface area (Å²) in [6, 6.07) is 5.86. The number of nitrogens with two attached hydrogens (primary N) is 1. The molecule has 6 rings (SSSR count). The van der Waals surface area contributed by atoms with Gasteiger partial charge in [0.2, 0.25) is 0 Å². The lowest BCUT2D eigenvalue weighted by molar-refractivity contribution is 0.0805. The number of likely N-dealkylation sites (tertiary alicyclic amines) is 1. The molecule has 3 N–H and O–H groups in total. The number of carbonyl (C=O) groups excluding carboxylic acids is 1. The van der Waals surface area contributed by atoms with Gasteiger partial charge in [0.15, 0.2) is 10.9 Å². The van der Waals surface area contributed by atoms with Gasteiger partial charge in [-0.1, -0.05) is 17.4 Å². The zero-order valence-corrected chi connectivity index (χ0v) is 23.9. The molecule has 0 bridgehead atoms. The van der Waals surface area contributed by atoms with Gasteiger partial charge in [-0.05, 0) is 74.2 Å². The van der Waals surface area contributed by atoms with E-state index in [4.69, 9.17) is 15.5 Å². The van der Waals surface area contributed by atoms with Crippen molar-refractivity contribution in [3.63, 3.8) is 0 Å². The van der Waals surface area contributed by atoms with Crippen LogP contribution in [0.4, 0.5) is 5.82 Å². The molecule has 0 saturated carbocycles. The van der Waals surface area contributed by atoms with Crippen LogP contribution in [0.15, 0.2) is 24.4 Å². The van der Waals surface area contributed by atoms with E-state index in [1.54, 1.807) is 6.07 Å². The number of aliphatic hydroxyl groups is 1. The van der Waals surface area contributed by atoms with Crippen LogP contribution in [0.2, 0.25) is 0 Å². The van der Waals surface area contributed by atoms with Crippen LogP contribution in [0.1, 0.15) is 70.6 Å². The van der Waals surface area contributed by atoms with Gasteiger partial charge in [0, 0.05) is 30.9 Å². The van der Waals surface area contributed by atoms with Gasteiger partial charge in [0.1, 0.15) is 16.2 Å². The Morgan fingerprint density at radius 1 is 1.20 bits per heavy atom. The Kier molecular flexibility index (Phi) is 7.75. The molecule has 2 atom stereocenters. The second-order valence-corrected chi connectivity index (χ2v) is 13.7. The lowest BCUT2D eigenvalue weighted by atomic mass is 9.74. The molecule has 11 nitrogen and oxygen atoms in total. The Morgan fingerprint density at radius 2 is 2.02 bits per heavy atom. The van der Waals surface area contributed by atoms with Crippen LogP contribution >= 0.6 is 11.3 Å². The maximum Gasteiger partial charge on any atom is 0.277 e. The monoisotopic (exact) mass is 586 g/mol. The number of thiazole rings is 1. The predicted octanol–water partition coefficient (Wildman–Crippen LogP) is 2.36. The fourth-order valence-corrected chi connectivity index (χ4v) is 8.17. The first-order valence-electron chi connectivity index (χ1n) is 13.8. The molecule has 2 saturated heterocycles. The minimum absolute atomic E-state index is 0.113. The van der Waals surface area contributed by atoms with E-state index in [1.165, 1.54) is 15.6 Å². The van der Waals surface area contributed by atoms with Crippen LogP contribution in [0, 0.1) is 0 Å². The van der Waals surface area contributed by atoms with Gasteiger partial charge < -0.3 is 20.5 Å². The Labute approximate surface area is 237 Å². The highest BCUT2D eigenvalue weighted by atomic mass is 32.2. The summed E-state index contributed by atoms with van der Waals surface area (Å²) in [5.41, 5.74) is 9.44. The average Bonchev–Trinajstić information content (AvgIpc) is 3.37. The Hall–Kier alpha value is -2.71. The minimum atomic E-state index is -3.55. The van der Waals surface area contributed by atoms with Crippen LogP contribution in [0.25, 0.3) is 10.3 Å². The van der Waals surface area contributed by atoms with Gasteiger partial charge in [-0.2, -0.15) is 0 Å². The summed E-state index contributed by atoms with van der Waals surface area (Å²) in [7, 11) is -3.55. The van der Waals surface area contributed by atoms with E-state index in [9.17, 15) is 18.3 Å². The molecule has 13 heteroatoms. The molecular weight excluding hydrogens is 552 g/mol. The molecule has 1 aliphatic carbocycles. The molecule has 5 heterocycles. The largest absolute Gasteiger partial charge is 0.393 e. The van der Waals surface area contributed by atoms with Crippen LogP contribution in [-0.2, 0) is 21.2 Å². The molecule has 1 unspecified atom stereocenters. The van der Waals surface area contributed by atoms with E-state index in [-0.39, 0.29) is 35.4 Å². The summed E-state index contributed by atoms with van der Waals surface area (Å²) in [4.78, 5) is 28.9. The number of aromatic nitrogens is 3. The van der Waals surface area contributed by atoms with Gasteiger partial charge in [0.05, 0.1) is 19.3 Å². The number of primary amides is 1. The maximum atomic E-state index is 12.5. The lowest BCUT2D eigenvalue weighted by Gasteiger charge is -2.35. The van der Waals surface area contributed by atoms with Gasteiger partial charge >= 0.3 is 0 Å².